The molecule has 0 N–H and O–H groups in total. The van der Waals surface area contributed by atoms with Crippen molar-refractivity contribution in [1.82, 2.24) is 0 Å². The normalized spacial score (nSPS) is 13.3. The lowest BCUT2D eigenvalue weighted by Gasteiger charge is -2.18. The zero-order chi connectivity index (χ0) is 51.4. The van der Waals surface area contributed by atoms with Gasteiger partial charge in [0.15, 0.2) is 6.10 Å². The predicted molar refractivity (Wildman–Crippen MR) is 306 cm³/mol. The second-order valence-electron chi connectivity index (χ2n) is 17.7. The average Bonchev–Trinajstić information content (AvgIpc) is 3.37. The Balaban J connectivity index is 4.58. The summed E-state index contributed by atoms with van der Waals surface area (Å²) in [6.07, 6.45) is 83.7. The van der Waals surface area contributed by atoms with Crippen molar-refractivity contribution >= 4 is 17.9 Å². The smallest absolute Gasteiger partial charge is 0.306 e. The van der Waals surface area contributed by atoms with Gasteiger partial charge in [-0.1, -0.05) is 211 Å². The molecular weight excluding hydrogens is 877 g/mol. The second kappa shape index (κ2) is 57.6. The lowest BCUT2D eigenvalue weighted by molar-refractivity contribution is -0.167. The summed E-state index contributed by atoms with van der Waals surface area (Å²) in [6, 6.07) is 0. The van der Waals surface area contributed by atoms with Crippen molar-refractivity contribution in [1.29, 1.82) is 0 Å². The molecule has 0 unspecified atom stereocenters. The topological polar surface area (TPSA) is 78.9 Å². The van der Waals surface area contributed by atoms with E-state index in [-0.39, 0.29) is 37.5 Å². The Labute approximate surface area is 435 Å². The van der Waals surface area contributed by atoms with Gasteiger partial charge < -0.3 is 14.2 Å². The fourth-order valence-corrected chi connectivity index (χ4v) is 6.92. The Morgan fingerprint density at radius 1 is 0.282 bits per heavy atom. The van der Waals surface area contributed by atoms with Gasteiger partial charge in [-0.25, -0.2) is 0 Å². The Morgan fingerprint density at radius 3 is 0.803 bits per heavy atom. The van der Waals surface area contributed by atoms with Crippen LogP contribution in [0.2, 0.25) is 0 Å². The van der Waals surface area contributed by atoms with Crippen LogP contribution in [0.5, 0.6) is 0 Å². The van der Waals surface area contributed by atoms with Crippen LogP contribution in [-0.4, -0.2) is 37.2 Å². The number of hydrogen-bond acceptors (Lipinski definition) is 6. The summed E-state index contributed by atoms with van der Waals surface area (Å²) in [5, 5.41) is 0. The quantitative estimate of drug-likeness (QED) is 0.0262. The van der Waals surface area contributed by atoms with E-state index in [1.165, 1.54) is 0 Å². The number of allylic oxidation sites excluding steroid dienone is 26. The molecule has 0 aromatic rings. The van der Waals surface area contributed by atoms with Crippen LogP contribution in [0.4, 0.5) is 0 Å². The van der Waals surface area contributed by atoms with Crippen LogP contribution in [0.25, 0.3) is 0 Å². The van der Waals surface area contributed by atoms with Gasteiger partial charge in [0.1, 0.15) is 13.2 Å². The molecule has 0 heterocycles. The molecule has 6 heteroatoms. The average molecular weight is 978 g/mol. The van der Waals surface area contributed by atoms with Gasteiger partial charge in [-0.2, -0.15) is 0 Å². The molecular formula is C65H100O6. The largest absolute Gasteiger partial charge is 0.462 e. The molecule has 1 atom stereocenters. The van der Waals surface area contributed by atoms with Crippen molar-refractivity contribution in [3.05, 3.63) is 158 Å². The highest BCUT2D eigenvalue weighted by Crippen LogP contribution is 2.12. The summed E-state index contributed by atoms with van der Waals surface area (Å²) in [4.78, 5) is 38.2. The van der Waals surface area contributed by atoms with Gasteiger partial charge in [-0.05, 0) is 141 Å². The van der Waals surface area contributed by atoms with Crippen LogP contribution in [0.3, 0.4) is 0 Å². The van der Waals surface area contributed by atoms with E-state index in [4.69, 9.17) is 14.2 Å². The zero-order valence-corrected chi connectivity index (χ0v) is 45.2. The Bertz CT molecular complexity index is 1640. The fourth-order valence-electron chi connectivity index (χ4n) is 6.92. The number of rotatable bonds is 48. The van der Waals surface area contributed by atoms with E-state index in [1.807, 2.05) is 0 Å². The first kappa shape index (κ1) is 66.0. The van der Waals surface area contributed by atoms with Gasteiger partial charge in [0.2, 0.25) is 0 Å². The highest BCUT2D eigenvalue weighted by molar-refractivity contribution is 5.71. The zero-order valence-electron chi connectivity index (χ0n) is 45.2. The first-order valence-corrected chi connectivity index (χ1v) is 28.0. The lowest BCUT2D eigenvalue weighted by Crippen LogP contribution is -2.30. The molecule has 0 aliphatic carbocycles. The van der Waals surface area contributed by atoms with E-state index in [0.717, 1.165) is 167 Å². The third-order valence-corrected chi connectivity index (χ3v) is 11.0. The monoisotopic (exact) mass is 977 g/mol. The molecule has 0 saturated heterocycles. The molecule has 0 amide bonds. The number of carbonyl (C=O) groups is 3. The van der Waals surface area contributed by atoms with Crippen molar-refractivity contribution in [2.24, 2.45) is 0 Å². The fraction of sp³-hybridized carbons (Fsp3) is 0.554. The summed E-state index contributed by atoms with van der Waals surface area (Å²) in [7, 11) is 0. The molecule has 0 rings (SSSR count). The number of ether oxygens (including phenoxy) is 3. The highest BCUT2D eigenvalue weighted by atomic mass is 16.6. The Hall–Kier alpha value is -4.97. The third kappa shape index (κ3) is 55.8. The van der Waals surface area contributed by atoms with E-state index in [0.29, 0.717) is 19.3 Å². The molecule has 6 nitrogen and oxygen atoms in total. The van der Waals surface area contributed by atoms with Gasteiger partial charge in [-0.15, -0.1) is 0 Å². The standard InChI is InChI=1S/C65H100O6/c1-4-7-10-13-16-19-22-25-28-30-32-34-37-40-43-46-49-52-55-58-64(67)70-61-62(60-69-63(66)57-54-51-48-45-42-39-36-27-24-21-18-15-12-9-6-3)71-65(68)59-56-53-50-47-44-41-38-35-33-31-29-26-23-20-17-14-11-8-5-2/h7-12,16-21,25-29,32-36,40-41,43-44,62H,4-6,13-15,22-24,30-31,37-39,42,45-61H2,1-3H3/b10-7+,11-8+,12-9+,19-16+,20-17+,21-18+,28-25+,29-26+,34-32+,35-33+,36-27+,43-40+,44-41+/t62-/m1/s1. The maximum Gasteiger partial charge on any atom is 0.306 e. The summed E-state index contributed by atoms with van der Waals surface area (Å²) >= 11 is 0. The van der Waals surface area contributed by atoms with Crippen LogP contribution in [0, 0.1) is 0 Å². The predicted octanol–water partition coefficient (Wildman–Crippen LogP) is 19.0. The minimum absolute atomic E-state index is 0.119. The van der Waals surface area contributed by atoms with Crippen LogP contribution >= 0.6 is 0 Å². The van der Waals surface area contributed by atoms with Crippen LogP contribution in [-0.2, 0) is 28.6 Å². The van der Waals surface area contributed by atoms with Crippen LogP contribution in [0.1, 0.15) is 213 Å². The Morgan fingerprint density at radius 2 is 0.507 bits per heavy atom. The molecule has 0 radical (unpaired) electrons. The molecule has 0 bridgehead atoms. The molecule has 0 aromatic heterocycles. The van der Waals surface area contributed by atoms with E-state index in [2.05, 4.69) is 179 Å². The SMILES string of the molecule is CC/C=C/C/C=C/C/C=C/C/C=C/C/C=C/CCCCCC(=O)OC[C@@H](COC(=O)CCCCCCC/C=C/C/C=C/C/C=C/CC)OC(=O)CCCCC/C=C/C/C=C/C/C=C/C/C=C/C/C=C/CC. The van der Waals surface area contributed by atoms with E-state index < -0.39 is 6.10 Å². The van der Waals surface area contributed by atoms with Gasteiger partial charge >= 0.3 is 17.9 Å². The molecule has 0 spiro atoms. The maximum absolute atomic E-state index is 12.9. The number of hydrogen-bond donors (Lipinski definition) is 0. The van der Waals surface area contributed by atoms with E-state index >= 15 is 0 Å². The van der Waals surface area contributed by atoms with Crippen molar-refractivity contribution in [3.8, 4) is 0 Å². The minimum Gasteiger partial charge on any atom is -0.462 e. The van der Waals surface area contributed by atoms with Crippen molar-refractivity contribution in [2.75, 3.05) is 13.2 Å². The molecule has 0 aliphatic rings. The molecule has 396 valence electrons. The molecule has 71 heavy (non-hydrogen) atoms. The lowest BCUT2D eigenvalue weighted by atomic mass is 10.1. The first-order chi connectivity index (χ1) is 35.0. The van der Waals surface area contributed by atoms with Gasteiger partial charge in [0.05, 0.1) is 0 Å². The van der Waals surface area contributed by atoms with Gasteiger partial charge in [-0.3, -0.25) is 14.4 Å². The summed E-state index contributed by atoms with van der Waals surface area (Å²) < 4.78 is 16.8. The third-order valence-electron chi connectivity index (χ3n) is 11.0. The highest BCUT2D eigenvalue weighted by Gasteiger charge is 2.19. The van der Waals surface area contributed by atoms with Gasteiger partial charge in [0, 0.05) is 19.3 Å². The number of esters is 3. The minimum atomic E-state index is -0.825. The van der Waals surface area contributed by atoms with Crippen LogP contribution < -0.4 is 0 Å². The second-order valence-corrected chi connectivity index (χ2v) is 17.7. The molecule has 0 aliphatic heterocycles. The molecule has 0 fully saturated rings. The maximum atomic E-state index is 12.9. The van der Waals surface area contributed by atoms with E-state index in [1.54, 1.807) is 0 Å². The molecule has 0 saturated carbocycles. The molecule has 0 aromatic carbocycles. The van der Waals surface area contributed by atoms with Crippen molar-refractivity contribution in [3.63, 3.8) is 0 Å². The first-order valence-electron chi connectivity index (χ1n) is 28.0. The summed E-state index contributed by atoms with van der Waals surface area (Å²) in [6.45, 7) is 6.21. The summed E-state index contributed by atoms with van der Waals surface area (Å²) in [5.41, 5.74) is 0. The van der Waals surface area contributed by atoms with Gasteiger partial charge in [0.25, 0.3) is 0 Å². The number of carbonyl (C=O) groups excluding carboxylic acids is 3. The van der Waals surface area contributed by atoms with Crippen molar-refractivity contribution < 1.29 is 28.6 Å². The van der Waals surface area contributed by atoms with Crippen LogP contribution in [0.15, 0.2) is 158 Å². The Kier molecular flexibility index (Phi) is 53.6. The van der Waals surface area contributed by atoms with Crippen molar-refractivity contribution in [2.45, 2.75) is 219 Å². The summed E-state index contributed by atoms with van der Waals surface area (Å²) in [5.74, 6) is -1.01. The van der Waals surface area contributed by atoms with E-state index in [9.17, 15) is 14.4 Å². The number of unbranched alkanes of at least 4 members (excludes halogenated alkanes) is 11.